The standard InChI is InChI=1S/2C3H6O3/c2*1-4-2-6-3-5-1/h2*1-3H2. The molecule has 0 unspecified atom stereocenters. The van der Waals surface area contributed by atoms with E-state index in [1.807, 2.05) is 0 Å². The quantitative estimate of drug-likeness (QED) is 0.516. The summed E-state index contributed by atoms with van der Waals surface area (Å²) in [6.45, 7) is 2.25. The second-order valence-electron chi connectivity index (χ2n) is 1.93. The molecular formula is C6H12O6. The first-order chi connectivity index (χ1) is 6.00. The maximum absolute atomic E-state index is 4.62. The van der Waals surface area contributed by atoms with E-state index >= 15 is 0 Å². The van der Waals surface area contributed by atoms with E-state index in [9.17, 15) is 0 Å². The van der Waals surface area contributed by atoms with Crippen LogP contribution < -0.4 is 0 Å². The van der Waals surface area contributed by atoms with Gasteiger partial charge >= 0.3 is 0 Å². The summed E-state index contributed by atoms with van der Waals surface area (Å²) < 4.78 is 27.8. The van der Waals surface area contributed by atoms with E-state index in [1.54, 1.807) is 0 Å². The molecule has 0 aliphatic carbocycles. The average molecular weight is 180 g/mol. The van der Waals surface area contributed by atoms with Gasteiger partial charge in [0.25, 0.3) is 0 Å². The predicted octanol–water partition coefficient (Wildman–Crippen LogP) is -0.155. The SMILES string of the molecule is C1OCOCO1.C1OCOCO1. The highest BCUT2D eigenvalue weighted by Crippen LogP contribution is 1.87. The van der Waals surface area contributed by atoms with Crippen molar-refractivity contribution in [2.75, 3.05) is 40.8 Å². The van der Waals surface area contributed by atoms with Crippen LogP contribution in [0.4, 0.5) is 0 Å². The van der Waals surface area contributed by atoms with Crippen molar-refractivity contribution in [2.24, 2.45) is 0 Å². The van der Waals surface area contributed by atoms with Gasteiger partial charge < -0.3 is 28.4 Å². The minimum absolute atomic E-state index is 0.375. The van der Waals surface area contributed by atoms with Crippen molar-refractivity contribution in [1.82, 2.24) is 0 Å². The van der Waals surface area contributed by atoms with Gasteiger partial charge in [0.2, 0.25) is 0 Å². The Morgan fingerprint density at radius 3 is 0.583 bits per heavy atom. The molecule has 6 heteroatoms. The van der Waals surface area contributed by atoms with E-state index in [2.05, 4.69) is 28.4 Å². The van der Waals surface area contributed by atoms with Gasteiger partial charge in [0.15, 0.2) is 40.8 Å². The molecule has 2 heterocycles. The zero-order chi connectivity index (χ0) is 8.49. The lowest BCUT2D eigenvalue weighted by Crippen LogP contribution is -2.14. The molecule has 0 spiro atoms. The summed E-state index contributed by atoms with van der Waals surface area (Å²) >= 11 is 0. The number of hydrogen-bond donors (Lipinski definition) is 0. The molecule has 0 aromatic carbocycles. The lowest BCUT2D eigenvalue weighted by Gasteiger charge is -2.10. The van der Waals surface area contributed by atoms with Crippen LogP contribution in [0.2, 0.25) is 0 Å². The van der Waals surface area contributed by atoms with Gasteiger partial charge in [-0.1, -0.05) is 0 Å². The van der Waals surface area contributed by atoms with E-state index in [-0.39, 0.29) is 0 Å². The van der Waals surface area contributed by atoms with Gasteiger partial charge in [-0.15, -0.1) is 0 Å². The topological polar surface area (TPSA) is 55.4 Å². The normalized spacial score (nSPS) is 24.0. The summed E-state index contributed by atoms with van der Waals surface area (Å²) in [6.07, 6.45) is 0. The van der Waals surface area contributed by atoms with Crippen LogP contribution in [-0.4, -0.2) is 40.8 Å². The summed E-state index contributed by atoms with van der Waals surface area (Å²) in [6, 6.07) is 0. The third kappa shape index (κ3) is 5.42. The highest BCUT2D eigenvalue weighted by molar-refractivity contribution is 4.09. The van der Waals surface area contributed by atoms with Gasteiger partial charge in [-0.2, -0.15) is 0 Å². The fraction of sp³-hybridized carbons (Fsp3) is 1.00. The minimum atomic E-state index is 0.375. The molecule has 2 aliphatic heterocycles. The fourth-order valence-electron chi connectivity index (χ4n) is 0.558. The van der Waals surface area contributed by atoms with Gasteiger partial charge in [-0.3, -0.25) is 0 Å². The molecule has 2 fully saturated rings. The van der Waals surface area contributed by atoms with Crippen molar-refractivity contribution in [3.8, 4) is 0 Å². The maximum atomic E-state index is 4.62. The van der Waals surface area contributed by atoms with Crippen LogP contribution >= 0.6 is 0 Å². The first kappa shape index (κ1) is 9.85. The van der Waals surface area contributed by atoms with Gasteiger partial charge in [0.05, 0.1) is 0 Å². The van der Waals surface area contributed by atoms with E-state index in [1.165, 1.54) is 0 Å². The van der Waals surface area contributed by atoms with E-state index < -0.39 is 0 Å². The fourth-order valence-corrected chi connectivity index (χ4v) is 0.558. The van der Waals surface area contributed by atoms with Crippen molar-refractivity contribution in [3.05, 3.63) is 0 Å². The Labute approximate surface area is 70.2 Å². The Bertz CT molecular complexity index is 55.0. The van der Waals surface area contributed by atoms with Crippen molar-refractivity contribution in [3.63, 3.8) is 0 Å². The molecule has 72 valence electrons. The largest absolute Gasteiger partial charge is 0.329 e. The number of ether oxygens (including phenoxy) is 6. The molecular weight excluding hydrogens is 168 g/mol. The Morgan fingerprint density at radius 2 is 0.500 bits per heavy atom. The number of hydrogen-bond acceptors (Lipinski definition) is 6. The summed E-state index contributed by atoms with van der Waals surface area (Å²) in [7, 11) is 0. The molecule has 2 aliphatic rings. The Kier molecular flexibility index (Phi) is 6.08. The lowest BCUT2D eigenvalue weighted by atomic mass is 11.2. The predicted molar refractivity (Wildman–Crippen MR) is 35.7 cm³/mol. The molecule has 0 atom stereocenters. The summed E-state index contributed by atoms with van der Waals surface area (Å²) in [5, 5.41) is 0. The van der Waals surface area contributed by atoms with Gasteiger partial charge in [-0.05, 0) is 0 Å². The molecule has 0 radical (unpaired) electrons. The van der Waals surface area contributed by atoms with Crippen LogP contribution in [0.15, 0.2) is 0 Å². The third-order valence-electron chi connectivity index (χ3n) is 1.00. The molecule has 0 saturated carbocycles. The molecule has 12 heavy (non-hydrogen) atoms. The molecule has 2 saturated heterocycles. The molecule has 0 amide bonds. The highest BCUT2D eigenvalue weighted by atomic mass is 16.8. The Morgan fingerprint density at radius 1 is 0.333 bits per heavy atom. The Balaban J connectivity index is 0.000000120. The van der Waals surface area contributed by atoms with Crippen molar-refractivity contribution in [2.45, 2.75) is 0 Å². The van der Waals surface area contributed by atoms with Crippen LogP contribution in [0.3, 0.4) is 0 Å². The number of rotatable bonds is 0. The van der Waals surface area contributed by atoms with Crippen LogP contribution in [-0.2, 0) is 28.4 Å². The van der Waals surface area contributed by atoms with Gasteiger partial charge in [0, 0.05) is 0 Å². The van der Waals surface area contributed by atoms with Crippen LogP contribution in [0.5, 0.6) is 0 Å². The van der Waals surface area contributed by atoms with Crippen molar-refractivity contribution in [1.29, 1.82) is 0 Å². The van der Waals surface area contributed by atoms with E-state index in [0.29, 0.717) is 40.8 Å². The van der Waals surface area contributed by atoms with Gasteiger partial charge in [0.1, 0.15) is 0 Å². The highest BCUT2D eigenvalue weighted by Gasteiger charge is 1.93. The third-order valence-corrected chi connectivity index (χ3v) is 1.00. The van der Waals surface area contributed by atoms with Crippen molar-refractivity contribution >= 4 is 0 Å². The zero-order valence-corrected chi connectivity index (χ0v) is 6.69. The zero-order valence-electron chi connectivity index (χ0n) is 6.69. The van der Waals surface area contributed by atoms with Crippen LogP contribution in [0.25, 0.3) is 0 Å². The average Bonchev–Trinajstić information content (AvgIpc) is 2.24. The minimum Gasteiger partial charge on any atom is -0.329 e. The molecule has 0 N–H and O–H groups in total. The van der Waals surface area contributed by atoms with Crippen molar-refractivity contribution < 1.29 is 28.4 Å². The monoisotopic (exact) mass is 180 g/mol. The van der Waals surface area contributed by atoms with E-state index in [4.69, 9.17) is 0 Å². The summed E-state index contributed by atoms with van der Waals surface area (Å²) in [4.78, 5) is 0. The molecule has 0 aromatic heterocycles. The molecule has 0 bridgehead atoms. The second-order valence-corrected chi connectivity index (χ2v) is 1.93. The summed E-state index contributed by atoms with van der Waals surface area (Å²) in [5.74, 6) is 0. The Hall–Kier alpha value is -0.240. The van der Waals surface area contributed by atoms with Crippen LogP contribution in [0.1, 0.15) is 0 Å². The lowest BCUT2D eigenvalue weighted by molar-refractivity contribution is -0.247. The van der Waals surface area contributed by atoms with Gasteiger partial charge in [-0.25, -0.2) is 0 Å². The van der Waals surface area contributed by atoms with E-state index in [0.717, 1.165) is 0 Å². The molecule has 6 nitrogen and oxygen atoms in total. The first-order valence-electron chi connectivity index (χ1n) is 3.46. The second kappa shape index (κ2) is 7.41. The smallest absolute Gasteiger partial charge is 0.152 e. The van der Waals surface area contributed by atoms with Crippen LogP contribution in [0, 0.1) is 0 Å². The maximum Gasteiger partial charge on any atom is 0.152 e. The molecule has 0 aromatic rings. The molecule has 2 rings (SSSR count). The summed E-state index contributed by atoms with van der Waals surface area (Å²) in [5.41, 5.74) is 0. The first-order valence-corrected chi connectivity index (χ1v) is 3.46.